The zero-order chi connectivity index (χ0) is 27.4. The Balaban J connectivity index is 1.67. The SMILES string of the molecule is CCOC(=O)NCCCC(O)(c1cccc(Cl)c1)[C@@H]1CCCN(C(=O)N[C@H](CNC)CC2CCCCC2)C1. The third-order valence-corrected chi connectivity index (χ3v) is 8.34. The molecule has 1 saturated carbocycles. The van der Waals surface area contributed by atoms with Crippen LogP contribution in [0.15, 0.2) is 24.3 Å². The number of nitrogens with zero attached hydrogens (tertiary/aromatic N) is 1. The average molecular weight is 551 g/mol. The van der Waals surface area contributed by atoms with E-state index in [2.05, 4.69) is 16.0 Å². The maximum Gasteiger partial charge on any atom is 0.407 e. The smallest absolute Gasteiger partial charge is 0.407 e. The van der Waals surface area contributed by atoms with Gasteiger partial charge in [0.25, 0.3) is 0 Å². The Morgan fingerprint density at radius 2 is 2.00 bits per heavy atom. The van der Waals surface area contributed by atoms with E-state index in [0.29, 0.717) is 50.0 Å². The first-order chi connectivity index (χ1) is 18.4. The number of likely N-dealkylation sites (tertiary alicyclic amines) is 1. The molecule has 9 heteroatoms. The predicted octanol–water partition coefficient (Wildman–Crippen LogP) is 5.03. The Kier molecular flexibility index (Phi) is 12.5. The first kappa shape index (κ1) is 30.5. The number of hydrogen-bond donors (Lipinski definition) is 4. The van der Waals surface area contributed by atoms with Crippen molar-refractivity contribution < 1.29 is 19.4 Å². The summed E-state index contributed by atoms with van der Waals surface area (Å²) in [5.74, 6) is 0.525. The number of piperidine rings is 1. The maximum atomic E-state index is 13.4. The molecule has 0 radical (unpaired) electrons. The molecule has 0 spiro atoms. The van der Waals surface area contributed by atoms with Crippen molar-refractivity contribution in [3.8, 4) is 0 Å². The van der Waals surface area contributed by atoms with Crippen molar-refractivity contribution in [2.75, 3.05) is 39.8 Å². The molecule has 2 aliphatic rings. The molecule has 3 rings (SSSR count). The van der Waals surface area contributed by atoms with E-state index in [1.807, 2.05) is 30.1 Å². The first-order valence-corrected chi connectivity index (χ1v) is 14.8. The molecule has 1 aliphatic carbocycles. The molecular weight excluding hydrogens is 504 g/mol. The van der Waals surface area contributed by atoms with Crippen LogP contribution < -0.4 is 16.0 Å². The van der Waals surface area contributed by atoms with Gasteiger partial charge in [0.15, 0.2) is 0 Å². The lowest BCUT2D eigenvalue weighted by molar-refractivity contribution is -0.0552. The summed E-state index contributed by atoms with van der Waals surface area (Å²) in [7, 11) is 1.93. The lowest BCUT2D eigenvalue weighted by Gasteiger charge is -2.43. The Morgan fingerprint density at radius 3 is 2.71 bits per heavy atom. The zero-order valence-corrected chi connectivity index (χ0v) is 23.9. The highest BCUT2D eigenvalue weighted by atomic mass is 35.5. The number of benzene rings is 1. The van der Waals surface area contributed by atoms with Gasteiger partial charge in [0.1, 0.15) is 0 Å². The van der Waals surface area contributed by atoms with Crippen LogP contribution in [-0.2, 0) is 10.3 Å². The topological polar surface area (TPSA) is 103 Å². The molecular formula is C29H47ClN4O4. The van der Waals surface area contributed by atoms with Gasteiger partial charge < -0.3 is 30.7 Å². The van der Waals surface area contributed by atoms with Crippen LogP contribution in [0, 0.1) is 11.8 Å². The number of nitrogens with one attached hydrogen (secondary N) is 3. The maximum absolute atomic E-state index is 13.4. The summed E-state index contributed by atoms with van der Waals surface area (Å²) in [6.07, 6.45) is 9.57. The van der Waals surface area contributed by atoms with Crippen LogP contribution in [0.1, 0.15) is 76.7 Å². The van der Waals surface area contributed by atoms with E-state index in [4.69, 9.17) is 16.3 Å². The molecule has 214 valence electrons. The van der Waals surface area contributed by atoms with Crippen LogP contribution >= 0.6 is 11.6 Å². The molecule has 1 aromatic carbocycles. The summed E-state index contributed by atoms with van der Waals surface area (Å²) < 4.78 is 4.94. The lowest BCUT2D eigenvalue weighted by atomic mass is 9.74. The minimum Gasteiger partial charge on any atom is -0.450 e. The van der Waals surface area contributed by atoms with Gasteiger partial charge in [-0.1, -0.05) is 55.8 Å². The monoisotopic (exact) mass is 550 g/mol. The average Bonchev–Trinajstić information content (AvgIpc) is 2.92. The molecule has 0 bridgehead atoms. The predicted molar refractivity (Wildman–Crippen MR) is 151 cm³/mol. The van der Waals surface area contributed by atoms with E-state index in [0.717, 1.165) is 31.4 Å². The van der Waals surface area contributed by atoms with Crippen LogP contribution in [0.4, 0.5) is 9.59 Å². The summed E-state index contributed by atoms with van der Waals surface area (Å²) in [4.78, 5) is 27.0. The van der Waals surface area contributed by atoms with Crippen LogP contribution in [0.25, 0.3) is 0 Å². The second-order valence-corrected chi connectivity index (χ2v) is 11.4. The van der Waals surface area contributed by atoms with Gasteiger partial charge in [-0.15, -0.1) is 0 Å². The number of carbonyl (C=O) groups is 2. The van der Waals surface area contributed by atoms with Gasteiger partial charge in [-0.2, -0.15) is 0 Å². The van der Waals surface area contributed by atoms with Crippen LogP contribution in [0.5, 0.6) is 0 Å². The van der Waals surface area contributed by atoms with Crippen molar-refractivity contribution >= 4 is 23.7 Å². The number of urea groups is 1. The zero-order valence-electron chi connectivity index (χ0n) is 23.1. The summed E-state index contributed by atoms with van der Waals surface area (Å²) in [5, 5.41) is 22.0. The van der Waals surface area contributed by atoms with Crippen molar-refractivity contribution in [3.05, 3.63) is 34.9 Å². The highest BCUT2D eigenvalue weighted by Gasteiger charge is 2.41. The molecule has 8 nitrogen and oxygen atoms in total. The third kappa shape index (κ3) is 9.02. The van der Waals surface area contributed by atoms with Gasteiger partial charge in [0, 0.05) is 43.2 Å². The molecule has 2 fully saturated rings. The normalized spacial score (nSPS) is 20.8. The molecule has 1 heterocycles. The van der Waals surface area contributed by atoms with Gasteiger partial charge in [-0.05, 0) is 69.7 Å². The third-order valence-electron chi connectivity index (χ3n) is 8.11. The number of carbonyl (C=O) groups excluding carboxylic acids is 2. The first-order valence-electron chi connectivity index (χ1n) is 14.4. The summed E-state index contributed by atoms with van der Waals surface area (Å²) in [6, 6.07) is 7.40. The fourth-order valence-electron chi connectivity index (χ4n) is 6.15. The van der Waals surface area contributed by atoms with Crippen molar-refractivity contribution in [2.24, 2.45) is 11.8 Å². The van der Waals surface area contributed by atoms with Crippen molar-refractivity contribution in [1.82, 2.24) is 20.9 Å². The molecule has 3 atom stereocenters. The Labute approximate surface area is 233 Å². The second kappa shape index (κ2) is 15.5. The molecule has 4 N–H and O–H groups in total. The summed E-state index contributed by atoms with van der Waals surface area (Å²) >= 11 is 6.31. The quantitative estimate of drug-likeness (QED) is 0.273. The highest BCUT2D eigenvalue weighted by Crippen LogP contribution is 2.40. The van der Waals surface area contributed by atoms with E-state index in [9.17, 15) is 14.7 Å². The van der Waals surface area contributed by atoms with Crippen LogP contribution in [0.3, 0.4) is 0 Å². The molecule has 38 heavy (non-hydrogen) atoms. The Hall–Kier alpha value is -2.03. The standard InChI is InChI=1S/C29H47ClN4O4/c1-3-38-28(36)32-16-9-15-29(37,23-12-7-14-25(30)19-23)24-13-8-17-34(21-24)27(35)33-26(20-31-2)18-22-10-5-4-6-11-22/h7,12,14,19,22,24,26,31,37H,3-6,8-11,13,15-18,20-21H2,1-2H3,(H,32,36)(H,33,35)/t24-,26+,29?/m1/s1. The Morgan fingerprint density at radius 1 is 1.21 bits per heavy atom. The molecule has 1 saturated heterocycles. The number of ether oxygens (including phenoxy) is 1. The largest absolute Gasteiger partial charge is 0.450 e. The van der Waals surface area contributed by atoms with Crippen molar-refractivity contribution in [2.45, 2.75) is 82.8 Å². The molecule has 3 amide bonds. The van der Waals surface area contributed by atoms with Gasteiger partial charge in [0.05, 0.1) is 12.2 Å². The van der Waals surface area contributed by atoms with Gasteiger partial charge in [-0.25, -0.2) is 9.59 Å². The number of amides is 3. The van der Waals surface area contributed by atoms with E-state index >= 15 is 0 Å². The number of alkyl carbamates (subject to hydrolysis) is 1. The van der Waals surface area contributed by atoms with Crippen molar-refractivity contribution in [1.29, 1.82) is 0 Å². The van der Waals surface area contributed by atoms with Gasteiger partial charge >= 0.3 is 12.1 Å². The number of likely N-dealkylation sites (N-methyl/N-ethyl adjacent to an activating group) is 1. The van der Waals surface area contributed by atoms with E-state index < -0.39 is 11.7 Å². The number of rotatable bonds is 12. The second-order valence-electron chi connectivity index (χ2n) is 10.9. The van der Waals surface area contributed by atoms with E-state index in [1.165, 1.54) is 32.1 Å². The van der Waals surface area contributed by atoms with Gasteiger partial charge in [-0.3, -0.25) is 0 Å². The molecule has 1 aliphatic heterocycles. The number of halogens is 1. The number of aliphatic hydroxyl groups is 1. The van der Waals surface area contributed by atoms with Gasteiger partial charge in [0.2, 0.25) is 0 Å². The van der Waals surface area contributed by atoms with Crippen LogP contribution in [0.2, 0.25) is 5.02 Å². The van der Waals surface area contributed by atoms with E-state index in [-0.39, 0.29) is 18.0 Å². The number of hydrogen-bond acceptors (Lipinski definition) is 5. The summed E-state index contributed by atoms with van der Waals surface area (Å²) in [5.41, 5.74) is -0.425. The highest BCUT2D eigenvalue weighted by molar-refractivity contribution is 6.30. The Bertz CT molecular complexity index is 882. The summed E-state index contributed by atoms with van der Waals surface area (Å²) in [6.45, 7) is 4.36. The fraction of sp³-hybridized carbons (Fsp3) is 0.724. The molecule has 0 aromatic heterocycles. The minimum absolute atomic E-state index is 0.0526. The molecule has 1 aromatic rings. The van der Waals surface area contributed by atoms with Crippen molar-refractivity contribution in [3.63, 3.8) is 0 Å². The molecule has 1 unspecified atom stereocenters. The van der Waals surface area contributed by atoms with E-state index in [1.54, 1.807) is 13.0 Å². The van der Waals surface area contributed by atoms with Crippen LogP contribution in [-0.4, -0.2) is 68.0 Å². The fourth-order valence-corrected chi connectivity index (χ4v) is 6.34. The minimum atomic E-state index is -1.17. The lowest BCUT2D eigenvalue weighted by Crippen LogP contribution is -2.54.